The normalized spacial score (nSPS) is 35.2. The second kappa shape index (κ2) is 9.23. The highest BCUT2D eigenvalue weighted by Gasteiger charge is 2.57. The smallest absolute Gasteiger partial charge is 0.231 e. The van der Waals surface area contributed by atoms with E-state index in [4.69, 9.17) is 14.2 Å². The molecule has 0 unspecified atom stereocenters. The van der Waals surface area contributed by atoms with Crippen LogP contribution in [0.2, 0.25) is 0 Å². The van der Waals surface area contributed by atoms with Crippen molar-refractivity contribution in [2.75, 3.05) is 58.0 Å². The maximum atomic E-state index is 13.8. The first-order valence-corrected chi connectivity index (χ1v) is 12.1. The van der Waals surface area contributed by atoms with Gasteiger partial charge in [-0.2, -0.15) is 0 Å². The van der Waals surface area contributed by atoms with E-state index in [0.717, 1.165) is 76.5 Å². The van der Waals surface area contributed by atoms with Crippen LogP contribution in [0.25, 0.3) is 0 Å². The first kappa shape index (κ1) is 22.0. The van der Waals surface area contributed by atoms with E-state index in [1.807, 2.05) is 13.0 Å². The number of hydrogen-bond acceptors (Lipinski definition) is 7. The molecular weight excluding hydrogens is 408 g/mol. The van der Waals surface area contributed by atoms with E-state index < -0.39 is 0 Å². The molecule has 1 aromatic rings. The van der Waals surface area contributed by atoms with Gasteiger partial charge in [-0.05, 0) is 56.9 Å². The van der Waals surface area contributed by atoms with Gasteiger partial charge in [-0.15, -0.1) is 0 Å². The van der Waals surface area contributed by atoms with Crippen LogP contribution in [0.4, 0.5) is 5.82 Å². The van der Waals surface area contributed by atoms with Gasteiger partial charge in [-0.1, -0.05) is 0 Å². The largest absolute Gasteiger partial charge is 0.379 e. The lowest BCUT2D eigenvalue weighted by Crippen LogP contribution is -2.54. The Balaban J connectivity index is 1.22. The summed E-state index contributed by atoms with van der Waals surface area (Å²) in [6, 6.07) is 1.95. The number of amides is 1. The third-order valence-electron chi connectivity index (χ3n) is 8.14. The molecule has 3 aliphatic heterocycles. The van der Waals surface area contributed by atoms with Crippen molar-refractivity contribution in [2.24, 2.45) is 17.3 Å². The molecule has 4 aliphatic rings. The standard InChI is InChI=1S/C24H36N4O4/c1-17-25-6-3-22(26-17)27-7-9-28(10-8-27)23(29)24-5-12-32-21(24)14-18(15-24)13-19-4-11-31-16-20(19)30-2/h3,6,18-21H,4-5,7-16H2,1-2H3/t18-,19-,20-,21-,24-/m1/s1. The van der Waals surface area contributed by atoms with Gasteiger partial charge in [-0.3, -0.25) is 4.79 Å². The molecule has 0 N–H and O–H groups in total. The van der Waals surface area contributed by atoms with Crippen molar-refractivity contribution >= 4 is 11.7 Å². The van der Waals surface area contributed by atoms with Gasteiger partial charge in [0.05, 0.1) is 24.2 Å². The molecule has 4 heterocycles. The number of anilines is 1. The minimum absolute atomic E-state index is 0.0726. The second-order valence-corrected chi connectivity index (χ2v) is 9.95. The fourth-order valence-electron chi connectivity index (χ4n) is 6.43. The molecule has 1 aliphatic carbocycles. The summed E-state index contributed by atoms with van der Waals surface area (Å²) in [7, 11) is 1.78. The van der Waals surface area contributed by atoms with E-state index in [1.165, 1.54) is 0 Å². The quantitative estimate of drug-likeness (QED) is 0.688. The van der Waals surface area contributed by atoms with Gasteiger partial charge in [0.1, 0.15) is 11.6 Å². The molecule has 8 nitrogen and oxygen atoms in total. The van der Waals surface area contributed by atoms with E-state index in [1.54, 1.807) is 13.3 Å². The number of aryl methyl sites for hydroxylation is 1. The first-order chi connectivity index (χ1) is 15.6. The third kappa shape index (κ3) is 4.13. The van der Waals surface area contributed by atoms with E-state index in [0.29, 0.717) is 31.0 Å². The average molecular weight is 445 g/mol. The Bertz CT molecular complexity index is 815. The van der Waals surface area contributed by atoms with Gasteiger partial charge >= 0.3 is 0 Å². The number of aromatic nitrogens is 2. The van der Waals surface area contributed by atoms with Crippen LogP contribution >= 0.6 is 0 Å². The minimum Gasteiger partial charge on any atom is -0.379 e. The molecule has 8 heteroatoms. The van der Waals surface area contributed by atoms with Gasteiger partial charge in [0.15, 0.2) is 0 Å². The molecule has 1 aromatic heterocycles. The summed E-state index contributed by atoms with van der Waals surface area (Å²) >= 11 is 0. The predicted octanol–water partition coefficient (Wildman–Crippen LogP) is 2.06. The Hall–Kier alpha value is -1.77. The van der Waals surface area contributed by atoms with Gasteiger partial charge < -0.3 is 24.0 Å². The van der Waals surface area contributed by atoms with E-state index in [2.05, 4.69) is 19.8 Å². The van der Waals surface area contributed by atoms with Crippen molar-refractivity contribution < 1.29 is 19.0 Å². The molecule has 0 bridgehead atoms. The van der Waals surface area contributed by atoms with Crippen LogP contribution in [0, 0.1) is 24.2 Å². The van der Waals surface area contributed by atoms with Crippen LogP contribution in [-0.2, 0) is 19.0 Å². The molecule has 0 spiro atoms. The summed E-state index contributed by atoms with van der Waals surface area (Å²) in [6.07, 6.45) is 7.03. The molecule has 1 saturated carbocycles. The number of nitrogens with zero attached hydrogens (tertiary/aromatic N) is 4. The second-order valence-electron chi connectivity index (χ2n) is 9.95. The van der Waals surface area contributed by atoms with Crippen molar-refractivity contribution in [2.45, 2.75) is 51.2 Å². The molecule has 5 rings (SSSR count). The zero-order chi connectivity index (χ0) is 22.1. The number of rotatable bonds is 5. The van der Waals surface area contributed by atoms with Crippen molar-refractivity contribution in [1.29, 1.82) is 0 Å². The summed E-state index contributed by atoms with van der Waals surface area (Å²) in [4.78, 5) is 26.9. The van der Waals surface area contributed by atoms with Crippen molar-refractivity contribution in [1.82, 2.24) is 14.9 Å². The number of carbonyl (C=O) groups is 1. The summed E-state index contributed by atoms with van der Waals surface area (Å²) in [6.45, 7) is 7.23. The zero-order valence-electron chi connectivity index (χ0n) is 19.4. The maximum Gasteiger partial charge on any atom is 0.231 e. The van der Waals surface area contributed by atoms with Crippen LogP contribution in [0.15, 0.2) is 12.3 Å². The molecule has 0 aromatic carbocycles. The third-order valence-corrected chi connectivity index (χ3v) is 8.14. The molecule has 0 radical (unpaired) electrons. The molecule has 32 heavy (non-hydrogen) atoms. The number of ether oxygens (including phenoxy) is 3. The topological polar surface area (TPSA) is 77.0 Å². The van der Waals surface area contributed by atoms with Gasteiger partial charge in [0, 0.05) is 52.7 Å². The highest BCUT2D eigenvalue weighted by atomic mass is 16.5. The number of carbonyl (C=O) groups excluding carboxylic acids is 1. The fraction of sp³-hybridized carbons (Fsp3) is 0.792. The molecule has 4 fully saturated rings. The molecule has 1 amide bonds. The van der Waals surface area contributed by atoms with Crippen molar-refractivity contribution in [3.8, 4) is 0 Å². The molecule has 176 valence electrons. The number of hydrogen-bond donors (Lipinski definition) is 0. The Morgan fingerprint density at radius 2 is 2.12 bits per heavy atom. The van der Waals surface area contributed by atoms with Crippen LogP contribution in [-0.4, -0.2) is 86.1 Å². The molecule has 3 saturated heterocycles. The predicted molar refractivity (Wildman–Crippen MR) is 119 cm³/mol. The monoisotopic (exact) mass is 444 g/mol. The Morgan fingerprint density at radius 3 is 2.91 bits per heavy atom. The van der Waals surface area contributed by atoms with Gasteiger partial charge in [0.2, 0.25) is 5.91 Å². The highest BCUT2D eigenvalue weighted by molar-refractivity contribution is 5.84. The highest BCUT2D eigenvalue weighted by Crippen LogP contribution is 2.53. The summed E-state index contributed by atoms with van der Waals surface area (Å²) in [5.41, 5.74) is -0.327. The maximum absolute atomic E-state index is 13.8. The van der Waals surface area contributed by atoms with Gasteiger partial charge in [0.25, 0.3) is 0 Å². The molecular formula is C24H36N4O4. The van der Waals surface area contributed by atoms with Crippen molar-refractivity contribution in [3.63, 3.8) is 0 Å². The van der Waals surface area contributed by atoms with E-state index >= 15 is 0 Å². The van der Waals surface area contributed by atoms with E-state index in [9.17, 15) is 4.79 Å². The van der Waals surface area contributed by atoms with Gasteiger partial charge in [-0.25, -0.2) is 9.97 Å². The van der Waals surface area contributed by atoms with Crippen LogP contribution < -0.4 is 4.90 Å². The lowest BCUT2D eigenvalue weighted by atomic mass is 9.78. The fourth-order valence-corrected chi connectivity index (χ4v) is 6.43. The Labute approximate surface area is 190 Å². The van der Waals surface area contributed by atoms with Crippen LogP contribution in [0.3, 0.4) is 0 Å². The summed E-state index contributed by atoms with van der Waals surface area (Å²) < 4.78 is 17.4. The zero-order valence-corrected chi connectivity index (χ0v) is 19.4. The summed E-state index contributed by atoms with van der Waals surface area (Å²) in [5, 5.41) is 0. The summed E-state index contributed by atoms with van der Waals surface area (Å²) in [5.74, 6) is 3.09. The number of methoxy groups -OCH3 is 1. The number of piperazine rings is 1. The lowest BCUT2D eigenvalue weighted by molar-refractivity contribution is -0.144. The average Bonchev–Trinajstić information content (AvgIpc) is 3.37. The Morgan fingerprint density at radius 1 is 1.28 bits per heavy atom. The van der Waals surface area contributed by atoms with Crippen LogP contribution in [0.5, 0.6) is 0 Å². The van der Waals surface area contributed by atoms with Crippen LogP contribution in [0.1, 0.15) is 37.9 Å². The Kier molecular flexibility index (Phi) is 6.36. The van der Waals surface area contributed by atoms with E-state index in [-0.39, 0.29) is 17.6 Å². The lowest BCUT2D eigenvalue weighted by Gasteiger charge is -2.40. The minimum atomic E-state index is -0.327. The SMILES string of the molecule is CO[C@@H]1COCC[C@@H]1C[C@@H]1C[C@H]2OCC[C@@]2(C(=O)N2CCN(c3ccnc(C)n3)CC2)C1. The van der Waals surface area contributed by atoms with Crippen molar-refractivity contribution in [3.05, 3.63) is 18.1 Å². The number of fused-ring (bicyclic) bond motifs is 1. The molecule has 5 atom stereocenters. The first-order valence-electron chi connectivity index (χ1n) is 12.1.